The molecule has 0 amide bonds. The summed E-state index contributed by atoms with van der Waals surface area (Å²) in [7, 11) is 0. The quantitative estimate of drug-likeness (QED) is 0.811. The second kappa shape index (κ2) is 6.10. The molecule has 19 heavy (non-hydrogen) atoms. The Labute approximate surface area is 124 Å². The van der Waals surface area contributed by atoms with Gasteiger partial charge in [-0.15, -0.1) is 0 Å². The number of nitrogens with one attached hydrogen (secondary N) is 1. The number of thiazole rings is 1. The first-order valence-corrected chi connectivity index (χ1v) is 7.97. The van der Waals surface area contributed by atoms with Crippen LogP contribution in [0.25, 0.3) is 10.2 Å². The third kappa shape index (κ3) is 3.40. The van der Waals surface area contributed by atoms with Crippen molar-refractivity contribution in [1.29, 1.82) is 0 Å². The fourth-order valence-corrected chi connectivity index (χ4v) is 3.60. The summed E-state index contributed by atoms with van der Waals surface area (Å²) in [4.78, 5) is 4.59. The second-order valence-electron chi connectivity index (χ2n) is 5.64. The Morgan fingerprint density at radius 1 is 1.21 bits per heavy atom. The molecule has 0 atom stereocenters. The van der Waals surface area contributed by atoms with E-state index in [0.717, 1.165) is 26.9 Å². The summed E-state index contributed by atoms with van der Waals surface area (Å²) in [5.74, 6) is 2.00. The van der Waals surface area contributed by atoms with Gasteiger partial charge in [-0.05, 0) is 29.9 Å². The first kappa shape index (κ1) is 14.6. The highest BCUT2D eigenvalue weighted by Crippen LogP contribution is 2.32. The summed E-state index contributed by atoms with van der Waals surface area (Å²) >= 11 is 7.81. The van der Waals surface area contributed by atoms with E-state index in [-0.39, 0.29) is 0 Å². The van der Waals surface area contributed by atoms with Crippen molar-refractivity contribution in [3.63, 3.8) is 0 Å². The SMILES string of the molecule is CC(C)C(CNc1nc2cccc(Cl)c2s1)C(C)C. The topological polar surface area (TPSA) is 24.9 Å². The minimum atomic E-state index is 0.655. The van der Waals surface area contributed by atoms with E-state index >= 15 is 0 Å². The first-order chi connectivity index (χ1) is 8.99. The fraction of sp³-hybridized carbons (Fsp3) is 0.533. The summed E-state index contributed by atoms with van der Waals surface area (Å²) in [6.07, 6.45) is 0. The predicted octanol–water partition coefficient (Wildman–Crippen LogP) is 5.29. The van der Waals surface area contributed by atoms with Gasteiger partial charge in [0, 0.05) is 6.54 Å². The zero-order valence-corrected chi connectivity index (χ0v) is 13.5. The van der Waals surface area contributed by atoms with Crippen LogP contribution in [-0.2, 0) is 0 Å². The van der Waals surface area contributed by atoms with E-state index in [4.69, 9.17) is 11.6 Å². The van der Waals surface area contributed by atoms with E-state index in [0.29, 0.717) is 17.8 Å². The lowest BCUT2D eigenvalue weighted by Crippen LogP contribution is -2.24. The second-order valence-corrected chi connectivity index (χ2v) is 7.05. The number of halogens is 1. The maximum atomic E-state index is 6.18. The molecule has 4 heteroatoms. The Morgan fingerprint density at radius 2 is 1.89 bits per heavy atom. The molecule has 0 unspecified atom stereocenters. The molecule has 1 heterocycles. The Kier molecular flexibility index (Phi) is 4.69. The van der Waals surface area contributed by atoms with Gasteiger partial charge in [-0.2, -0.15) is 0 Å². The molecule has 0 bridgehead atoms. The number of fused-ring (bicyclic) bond motifs is 1. The largest absolute Gasteiger partial charge is 0.361 e. The number of rotatable bonds is 5. The number of aromatic nitrogens is 1. The highest BCUT2D eigenvalue weighted by atomic mass is 35.5. The van der Waals surface area contributed by atoms with E-state index in [9.17, 15) is 0 Å². The third-order valence-electron chi connectivity index (χ3n) is 3.57. The summed E-state index contributed by atoms with van der Waals surface area (Å²) in [5.41, 5.74) is 0.977. The Balaban J connectivity index is 2.11. The summed E-state index contributed by atoms with van der Waals surface area (Å²) in [6.45, 7) is 10.1. The first-order valence-electron chi connectivity index (χ1n) is 6.78. The third-order valence-corrected chi connectivity index (χ3v) is 5.06. The lowest BCUT2D eigenvalue weighted by atomic mass is 9.86. The Morgan fingerprint density at radius 3 is 2.47 bits per heavy atom. The molecular weight excluding hydrogens is 276 g/mol. The predicted molar refractivity (Wildman–Crippen MR) is 86.3 cm³/mol. The van der Waals surface area contributed by atoms with Crippen LogP contribution in [0.1, 0.15) is 27.7 Å². The normalized spacial score (nSPS) is 12.0. The van der Waals surface area contributed by atoms with E-state index in [1.807, 2.05) is 18.2 Å². The van der Waals surface area contributed by atoms with E-state index in [1.54, 1.807) is 11.3 Å². The highest BCUT2D eigenvalue weighted by Gasteiger charge is 2.17. The van der Waals surface area contributed by atoms with E-state index < -0.39 is 0 Å². The standard InChI is InChI=1S/C15H21ClN2S/c1-9(2)11(10(3)4)8-17-15-18-13-7-5-6-12(16)14(13)19-15/h5-7,9-11H,8H2,1-4H3,(H,17,18). The molecule has 2 rings (SSSR count). The Bertz CT molecular complexity index is 540. The molecule has 0 fully saturated rings. The van der Waals surface area contributed by atoms with Gasteiger partial charge in [-0.3, -0.25) is 0 Å². The average molecular weight is 297 g/mol. The van der Waals surface area contributed by atoms with Crippen molar-refractivity contribution >= 4 is 38.3 Å². The molecule has 2 aromatic rings. The molecule has 104 valence electrons. The van der Waals surface area contributed by atoms with Crippen molar-refractivity contribution in [2.24, 2.45) is 17.8 Å². The van der Waals surface area contributed by atoms with Gasteiger partial charge in [-0.25, -0.2) is 4.98 Å². The van der Waals surface area contributed by atoms with Crippen molar-refractivity contribution in [2.75, 3.05) is 11.9 Å². The van der Waals surface area contributed by atoms with Gasteiger partial charge in [0.05, 0.1) is 15.2 Å². The van der Waals surface area contributed by atoms with Crippen molar-refractivity contribution in [3.8, 4) is 0 Å². The molecular formula is C15H21ClN2S. The van der Waals surface area contributed by atoms with Crippen LogP contribution in [0.2, 0.25) is 5.02 Å². The van der Waals surface area contributed by atoms with Gasteiger partial charge in [0.25, 0.3) is 0 Å². The van der Waals surface area contributed by atoms with Gasteiger partial charge in [0.15, 0.2) is 5.13 Å². The van der Waals surface area contributed by atoms with Gasteiger partial charge in [0.1, 0.15) is 0 Å². The van der Waals surface area contributed by atoms with Crippen LogP contribution < -0.4 is 5.32 Å². The fourth-order valence-electron chi connectivity index (χ4n) is 2.44. The number of hydrogen-bond donors (Lipinski definition) is 1. The molecule has 0 aliphatic heterocycles. The maximum absolute atomic E-state index is 6.18. The summed E-state index contributed by atoms with van der Waals surface area (Å²) in [5, 5.41) is 5.22. The number of nitrogens with zero attached hydrogens (tertiary/aromatic N) is 1. The van der Waals surface area contributed by atoms with Crippen molar-refractivity contribution < 1.29 is 0 Å². The van der Waals surface area contributed by atoms with Crippen molar-refractivity contribution in [1.82, 2.24) is 4.98 Å². The molecule has 0 aliphatic rings. The maximum Gasteiger partial charge on any atom is 0.183 e. The number of anilines is 1. The molecule has 0 radical (unpaired) electrons. The monoisotopic (exact) mass is 296 g/mol. The lowest BCUT2D eigenvalue weighted by molar-refractivity contribution is 0.304. The van der Waals surface area contributed by atoms with Crippen LogP contribution in [0, 0.1) is 17.8 Å². The molecule has 1 aromatic heterocycles. The van der Waals surface area contributed by atoms with Crippen LogP contribution in [0.4, 0.5) is 5.13 Å². The number of benzene rings is 1. The number of hydrogen-bond acceptors (Lipinski definition) is 3. The van der Waals surface area contributed by atoms with Crippen LogP contribution >= 0.6 is 22.9 Å². The van der Waals surface area contributed by atoms with Gasteiger partial charge >= 0.3 is 0 Å². The van der Waals surface area contributed by atoms with Crippen LogP contribution in [0.3, 0.4) is 0 Å². The zero-order valence-electron chi connectivity index (χ0n) is 11.9. The smallest absolute Gasteiger partial charge is 0.183 e. The zero-order chi connectivity index (χ0) is 14.0. The minimum Gasteiger partial charge on any atom is -0.361 e. The van der Waals surface area contributed by atoms with Crippen LogP contribution in [0.5, 0.6) is 0 Å². The molecule has 0 spiro atoms. The lowest BCUT2D eigenvalue weighted by Gasteiger charge is -2.24. The molecule has 0 aliphatic carbocycles. The molecule has 0 saturated heterocycles. The molecule has 0 saturated carbocycles. The summed E-state index contributed by atoms with van der Waals surface area (Å²) in [6, 6.07) is 5.86. The van der Waals surface area contributed by atoms with Crippen molar-refractivity contribution in [2.45, 2.75) is 27.7 Å². The summed E-state index contributed by atoms with van der Waals surface area (Å²) < 4.78 is 1.07. The Hall–Kier alpha value is -0.800. The highest BCUT2D eigenvalue weighted by molar-refractivity contribution is 7.22. The van der Waals surface area contributed by atoms with E-state index in [1.165, 1.54) is 0 Å². The molecule has 1 N–H and O–H groups in total. The van der Waals surface area contributed by atoms with Gasteiger partial charge in [0.2, 0.25) is 0 Å². The van der Waals surface area contributed by atoms with E-state index in [2.05, 4.69) is 38.0 Å². The molecule has 1 aromatic carbocycles. The average Bonchev–Trinajstić information content (AvgIpc) is 2.72. The van der Waals surface area contributed by atoms with Crippen LogP contribution in [0.15, 0.2) is 18.2 Å². The molecule has 2 nitrogen and oxygen atoms in total. The van der Waals surface area contributed by atoms with Gasteiger partial charge in [-0.1, -0.05) is 56.7 Å². The minimum absolute atomic E-state index is 0.655. The van der Waals surface area contributed by atoms with Crippen molar-refractivity contribution in [3.05, 3.63) is 23.2 Å². The van der Waals surface area contributed by atoms with Gasteiger partial charge < -0.3 is 5.32 Å². The van der Waals surface area contributed by atoms with Crippen LogP contribution in [-0.4, -0.2) is 11.5 Å².